The van der Waals surface area contributed by atoms with Gasteiger partial charge in [-0.1, -0.05) is 45.0 Å². The molecule has 0 aliphatic heterocycles. The summed E-state index contributed by atoms with van der Waals surface area (Å²) in [5.74, 6) is 0.712. The Kier molecular flexibility index (Phi) is 6.23. The summed E-state index contributed by atoms with van der Waals surface area (Å²) in [6, 6.07) is 9.19. The van der Waals surface area contributed by atoms with Crippen LogP contribution in [-0.4, -0.2) is 20.3 Å². The van der Waals surface area contributed by atoms with E-state index in [4.69, 9.17) is 4.74 Å². The van der Waals surface area contributed by atoms with Gasteiger partial charge in [-0.15, -0.1) is 0 Å². The van der Waals surface area contributed by atoms with Crippen molar-refractivity contribution in [2.24, 2.45) is 5.92 Å². The molecule has 1 aromatic carbocycles. The number of hydrogen-bond acceptors (Lipinski definition) is 2. The van der Waals surface area contributed by atoms with Crippen LogP contribution in [0.4, 0.5) is 0 Å². The minimum absolute atomic E-state index is 0.304. The second-order valence-corrected chi connectivity index (χ2v) is 4.91. The molecule has 0 bridgehead atoms. The Morgan fingerprint density at radius 3 is 2.29 bits per heavy atom. The quantitative estimate of drug-likeness (QED) is 0.783. The average Bonchev–Trinajstić information content (AvgIpc) is 2.29. The van der Waals surface area contributed by atoms with E-state index in [0.717, 1.165) is 19.6 Å². The van der Waals surface area contributed by atoms with E-state index in [1.165, 1.54) is 11.1 Å². The first kappa shape index (κ1) is 14.2. The summed E-state index contributed by atoms with van der Waals surface area (Å²) in [7, 11) is 1.75. The number of rotatable bonds is 7. The Hall–Kier alpha value is -0.860. The van der Waals surface area contributed by atoms with Crippen LogP contribution in [0.3, 0.4) is 0 Å². The molecule has 0 saturated carbocycles. The largest absolute Gasteiger partial charge is 0.383 e. The normalized spacial score (nSPS) is 13.0. The maximum Gasteiger partial charge on any atom is 0.0657 e. The van der Waals surface area contributed by atoms with Crippen LogP contribution in [0.15, 0.2) is 24.3 Å². The Labute approximate surface area is 105 Å². The molecule has 2 heteroatoms. The van der Waals surface area contributed by atoms with E-state index < -0.39 is 0 Å². The monoisotopic (exact) mass is 235 g/mol. The van der Waals surface area contributed by atoms with Gasteiger partial charge in [-0.05, 0) is 30.0 Å². The molecule has 0 spiro atoms. The molecule has 1 aromatic rings. The third-order valence-corrected chi connectivity index (χ3v) is 2.81. The summed E-state index contributed by atoms with van der Waals surface area (Å²) >= 11 is 0. The first-order chi connectivity index (χ1) is 8.17. The van der Waals surface area contributed by atoms with Crippen LogP contribution in [0.25, 0.3) is 0 Å². The van der Waals surface area contributed by atoms with Gasteiger partial charge in [0.15, 0.2) is 0 Å². The van der Waals surface area contributed by atoms with Gasteiger partial charge in [0, 0.05) is 7.11 Å². The number of methoxy groups -OCH3 is 1. The van der Waals surface area contributed by atoms with Crippen LogP contribution in [0.5, 0.6) is 0 Å². The van der Waals surface area contributed by atoms with Crippen LogP contribution in [-0.2, 0) is 11.2 Å². The molecular formula is C15H25NO. The molecule has 0 saturated heterocycles. The Morgan fingerprint density at radius 2 is 1.82 bits per heavy atom. The smallest absolute Gasteiger partial charge is 0.0657 e. The number of ether oxygens (including phenoxy) is 1. The van der Waals surface area contributed by atoms with Gasteiger partial charge < -0.3 is 10.1 Å². The lowest BCUT2D eigenvalue weighted by atomic mass is 9.99. The van der Waals surface area contributed by atoms with Crippen molar-refractivity contribution in [1.29, 1.82) is 0 Å². The molecule has 0 aliphatic rings. The molecule has 2 nitrogen and oxygen atoms in total. The van der Waals surface area contributed by atoms with Gasteiger partial charge in [0.1, 0.15) is 0 Å². The predicted octanol–water partition coefficient (Wildman–Crippen LogP) is 3.18. The summed E-state index contributed by atoms with van der Waals surface area (Å²) in [6.45, 7) is 8.30. The van der Waals surface area contributed by atoms with E-state index >= 15 is 0 Å². The summed E-state index contributed by atoms with van der Waals surface area (Å²) in [5, 5.41) is 3.44. The molecule has 1 unspecified atom stereocenters. The molecule has 0 aliphatic carbocycles. The van der Waals surface area contributed by atoms with Gasteiger partial charge in [-0.3, -0.25) is 0 Å². The highest BCUT2D eigenvalue weighted by molar-refractivity contribution is 5.25. The lowest BCUT2D eigenvalue weighted by molar-refractivity contribution is 0.168. The van der Waals surface area contributed by atoms with Crippen LogP contribution in [0.2, 0.25) is 0 Å². The first-order valence-corrected chi connectivity index (χ1v) is 6.48. The average molecular weight is 235 g/mol. The predicted molar refractivity (Wildman–Crippen MR) is 73.3 cm³/mol. The lowest BCUT2D eigenvalue weighted by Crippen LogP contribution is -2.24. The number of hydrogen-bond donors (Lipinski definition) is 1. The minimum Gasteiger partial charge on any atom is -0.383 e. The van der Waals surface area contributed by atoms with Crippen LogP contribution >= 0.6 is 0 Å². The Bertz CT molecular complexity index is 299. The van der Waals surface area contributed by atoms with Crippen molar-refractivity contribution < 1.29 is 4.74 Å². The zero-order valence-electron chi connectivity index (χ0n) is 11.5. The number of nitrogens with one attached hydrogen (secondary N) is 1. The maximum absolute atomic E-state index is 5.24. The van der Waals surface area contributed by atoms with Gasteiger partial charge in [-0.2, -0.15) is 0 Å². The molecule has 1 N–H and O–H groups in total. The molecular weight excluding hydrogens is 210 g/mol. The fourth-order valence-corrected chi connectivity index (χ4v) is 2.04. The Balaban J connectivity index is 2.69. The van der Waals surface area contributed by atoms with Gasteiger partial charge >= 0.3 is 0 Å². The maximum atomic E-state index is 5.24. The lowest BCUT2D eigenvalue weighted by Gasteiger charge is -2.18. The summed E-state index contributed by atoms with van der Waals surface area (Å²) in [4.78, 5) is 0. The van der Waals surface area contributed by atoms with Crippen molar-refractivity contribution in [3.05, 3.63) is 35.4 Å². The van der Waals surface area contributed by atoms with Crippen molar-refractivity contribution in [3.8, 4) is 0 Å². The molecule has 1 atom stereocenters. The molecule has 0 fully saturated rings. The molecule has 0 heterocycles. The van der Waals surface area contributed by atoms with Crippen molar-refractivity contribution in [2.45, 2.75) is 33.2 Å². The number of likely N-dealkylation sites (N-methyl/N-ethyl adjacent to an activating group) is 1. The highest BCUT2D eigenvalue weighted by Crippen LogP contribution is 2.16. The van der Waals surface area contributed by atoms with E-state index in [1.807, 2.05) is 0 Å². The van der Waals surface area contributed by atoms with E-state index in [9.17, 15) is 0 Å². The molecule has 96 valence electrons. The molecule has 17 heavy (non-hydrogen) atoms. The first-order valence-electron chi connectivity index (χ1n) is 6.48. The molecule has 1 rings (SSSR count). The van der Waals surface area contributed by atoms with Crippen LogP contribution < -0.4 is 5.32 Å². The van der Waals surface area contributed by atoms with E-state index in [0.29, 0.717) is 12.0 Å². The van der Waals surface area contributed by atoms with Gasteiger partial charge in [0.05, 0.1) is 12.6 Å². The topological polar surface area (TPSA) is 21.3 Å². The zero-order valence-corrected chi connectivity index (χ0v) is 11.5. The molecule has 0 radical (unpaired) electrons. The van der Waals surface area contributed by atoms with Crippen LogP contribution in [0, 0.1) is 5.92 Å². The third kappa shape index (κ3) is 4.88. The van der Waals surface area contributed by atoms with E-state index in [1.54, 1.807) is 7.11 Å². The van der Waals surface area contributed by atoms with E-state index in [-0.39, 0.29) is 0 Å². The van der Waals surface area contributed by atoms with Crippen LogP contribution in [0.1, 0.15) is 37.9 Å². The summed E-state index contributed by atoms with van der Waals surface area (Å²) in [6.07, 6.45) is 1.15. The van der Waals surface area contributed by atoms with Crippen molar-refractivity contribution in [1.82, 2.24) is 5.32 Å². The van der Waals surface area contributed by atoms with Crippen molar-refractivity contribution in [3.63, 3.8) is 0 Å². The second-order valence-electron chi connectivity index (χ2n) is 4.91. The van der Waals surface area contributed by atoms with Gasteiger partial charge in [0.2, 0.25) is 0 Å². The molecule has 0 amide bonds. The summed E-state index contributed by atoms with van der Waals surface area (Å²) < 4.78 is 5.24. The fraction of sp³-hybridized carbons (Fsp3) is 0.600. The standard InChI is InChI=1S/C15H25NO/c1-5-16-15(11-17-4)14-8-6-13(7-9-14)10-12(2)3/h6-9,12,15-16H,5,10-11H2,1-4H3. The summed E-state index contributed by atoms with van der Waals surface area (Å²) in [5.41, 5.74) is 2.72. The highest BCUT2D eigenvalue weighted by Gasteiger charge is 2.09. The zero-order chi connectivity index (χ0) is 12.7. The second kappa shape index (κ2) is 7.46. The molecule has 0 aromatic heterocycles. The highest BCUT2D eigenvalue weighted by atomic mass is 16.5. The third-order valence-electron chi connectivity index (χ3n) is 2.81. The van der Waals surface area contributed by atoms with Gasteiger partial charge in [0.25, 0.3) is 0 Å². The minimum atomic E-state index is 0.304. The fourth-order valence-electron chi connectivity index (χ4n) is 2.04. The van der Waals surface area contributed by atoms with Crippen molar-refractivity contribution >= 4 is 0 Å². The number of benzene rings is 1. The Morgan fingerprint density at radius 1 is 1.18 bits per heavy atom. The van der Waals surface area contributed by atoms with Gasteiger partial charge in [-0.25, -0.2) is 0 Å². The SMILES string of the molecule is CCNC(COC)c1ccc(CC(C)C)cc1. The van der Waals surface area contributed by atoms with Crippen molar-refractivity contribution in [2.75, 3.05) is 20.3 Å². The van der Waals surface area contributed by atoms with E-state index in [2.05, 4.69) is 50.4 Å².